The van der Waals surface area contributed by atoms with Gasteiger partial charge in [0, 0.05) is 37.9 Å². The first-order valence-corrected chi connectivity index (χ1v) is 6.75. The molecule has 20 heavy (non-hydrogen) atoms. The highest BCUT2D eigenvalue weighted by Crippen LogP contribution is 2.09. The van der Waals surface area contributed by atoms with Gasteiger partial charge in [0.2, 0.25) is 0 Å². The highest BCUT2D eigenvalue weighted by Gasteiger charge is 2.16. The van der Waals surface area contributed by atoms with Crippen LogP contribution in [-0.4, -0.2) is 32.3 Å². The highest BCUT2D eigenvalue weighted by molar-refractivity contribution is 5.91. The van der Waals surface area contributed by atoms with Gasteiger partial charge < -0.3 is 4.90 Å². The average Bonchev–Trinajstić information content (AvgIpc) is 2.52. The fourth-order valence-corrected chi connectivity index (χ4v) is 1.88. The predicted molar refractivity (Wildman–Crippen MR) is 75.9 cm³/mol. The summed E-state index contributed by atoms with van der Waals surface area (Å²) >= 11 is 0. The van der Waals surface area contributed by atoms with Gasteiger partial charge in [-0.1, -0.05) is 13.3 Å². The molecule has 0 fully saturated rings. The van der Waals surface area contributed by atoms with Crippen LogP contribution in [0.25, 0.3) is 0 Å². The topological polar surface area (TPSA) is 59.0 Å². The van der Waals surface area contributed by atoms with E-state index in [1.54, 1.807) is 18.6 Å². The highest BCUT2D eigenvalue weighted by atomic mass is 16.2. The van der Waals surface area contributed by atoms with Gasteiger partial charge in [0.15, 0.2) is 0 Å². The molecule has 0 aliphatic carbocycles. The van der Waals surface area contributed by atoms with Crippen molar-refractivity contribution in [3.63, 3.8) is 0 Å². The van der Waals surface area contributed by atoms with Crippen molar-refractivity contribution < 1.29 is 4.79 Å². The second-order valence-electron chi connectivity index (χ2n) is 4.53. The first kappa shape index (κ1) is 14.1. The Kier molecular flexibility index (Phi) is 5.17. The molecule has 5 nitrogen and oxygen atoms in total. The van der Waals surface area contributed by atoms with Crippen LogP contribution in [0.4, 0.5) is 0 Å². The molecule has 0 radical (unpaired) electrons. The maximum atomic E-state index is 12.5. The number of hydrogen-bond acceptors (Lipinski definition) is 4. The Balaban J connectivity index is 2.13. The van der Waals surface area contributed by atoms with Gasteiger partial charge in [-0.15, -0.1) is 0 Å². The number of carbonyl (C=O) groups is 1. The minimum atomic E-state index is -0.0802. The maximum absolute atomic E-state index is 12.5. The number of aromatic nitrogens is 3. The lowest BCUT2D eigenvalue weighted by Crippen LogP contribution is -2.32. The summed E-state index contributed by atoms with van der Waals surface area (Å²) in [4.78, 5) is 26.3. The van der Waals surface area contributed by atoms with E-state index in [9.17, 15) is 4.79 Å². The minimum absolute atomic E-state index is 0.0802. The zero-order valence-corrected chi connectivity index (χ0v) is 11.6. The molecular weight excluding hydrogens is 252 g/mol. The van der Waals surface area contributed by atoms with Crippen LogP contribution in [0, 0.1) is 0 Å². The summed E-state index contributed by atoms with van der Waals surface area (Å²) in [6.07, 6.45) is 10.1. The second-order valence-corrected chi connectivity index (χ2v) is 4.53. The third-order valence-corrected chi connectivity index (χ3v) is 2.97. The fourth-order valence-electron chi connectivity index (χ4n) is 1.88. The van der Waals surface area contributed by atoms with Crippen molar-refractivity contribution >= 4 is 5.91 Å². The SMILES string of the molecule is CCCCN(Cc1ccncc1)C(=O)c1cnccn1. The summed E-state index contributed by atoms with van der Waals surface area (Å²) in [7, 11) is 0. The number of hydrogen-bond donors (Lipinski definition) is 0. The molecule has 0 aromatic carbocycles. The van der Waals surface area contributed by atoms with E-state index in [1.165, 1.54) is 12.4 Å². The standard InChI is InChI=1S/C15H18N4O/c1-2-3-10-19(12-13-4-6-16-7-5-13)15(20)14-11-17-8-9-18-14/h4-9,11H,2-3,10,12H2,1H3. The third kappa shape index (κ3) is 3.85. The number of rotatable bonds is 6. The van der Waals surface area contributed by atoms with E-state index < -0.39 is 0 Å². The molecule has 0 saturated carbocycles. The van der Waals surface area contributed by atoms with Gasteiger partial charge >= 0.3 is 0 Å². The van der Waals surface area contributed by atoms with Gasteiger partial charge in [-0.3, -0.25) is 14.8 Å². The van der Waals surface area contributed by atoms with Crippen LogP contribution in [0.15, 0.2) is 43.1 Å². The zero-order valence-electron chi connectivity index (χ0n) is 11.6. The van der Waals surface area contributed by atoms with Gasteiger partial charge in [0.05, 0.1) is 6.20 Å². The van der Waals surface area contributed by atoms with E-state index in [2.05, 4.69) is 21.9 Å². The first-order valence-electron chi connectivity index (χ1n) is 6.75. The summed E-state index contributed by atoms with van der Waals surface area (Å²) in [6, 6.07) is 3.84. The number of unbranched alkanes of at least 4 members (excludes halogenated alkanes) is 1. The van der Waals surface area contributed by atoms with Gasteiger partial charge in [0.1, 0.15) is 5.69 Å². The molecule has 0 N–H and O–H groups in total. The largest absolute Gasteiger partial charge is 0.333 e. The summed E-state index contributed by atoms with van der Waals surface area (Å²) in [5, 5.41) is 0. The van der Waals surface area contributed by atoms with Gasteiger partial charge in [-0.25, -0.2) is 4.98 Å². The van der Waals surface area contributed by atoms with Crippen LogP contribution in [0.5, 0.6) is 0 Å². The summed E-state index contributed by atoms with van der Waals surface area (Å²) in [6.45, 7) is 3.39. The Hall–Kier alpha value is -2.30. The summed E-state index contributed by atoms with van der Waals surface area (Å²) in [5.74, 6) is -0.0802. The zero-order chi connectivity index (χ0) is 14.2. The van der Waals surface area contributed by atoms with Crippen molar-refractivity contribution in [1.82, 2.24) is 19.9 Å². The van der Waals surface area contributed by atoms with Crippen LogP contribution in [0.1, 0.15) is 35.8 Å². The number of nitrogens with zero attached hydrogens (tertiary/aromatic N) is 4. The van der Waals surface area contributed by atoms with E-state index in [0.29, 0.717) is 18.8 Å². The quantitative estimate of drug-likeness (QED) is 0.808. The van der Waals surface area contributed by atoms with E-state index in [0.717, 1.165) is 18.4 Å². The van der Waals surface area contributed by atoms with Crippen LogP contribution in [0.3, 0.4) is 0 Å². The molecule has 0 aliphatic heterocycles. The monoisotopic (exact) mass is 270 g/mol. The lowest BCUT2D eigenvalue weighted by atomic mass is 10.2. The van der Waals surface area contributed by atoms with Crippen LogP contribution >= 0.6 is 0 Å². The van der Waals surface area contributed by atoms with E-state index in [4.69, 9.17) is 0 Å². The van der Waals surface area contributed by atoms with Crippen molar-refractivity contribution in [2.45, 2.75) is 26.3 Å². The van der Waals surface area contributed by atoms with Crippen LogP contribution in [0.2, 0.25) is 0 Å². The third-order valence-electron chi connectivity index (χ3n) is 2.97. The predicted octanol–water partition coefficient (Wildman–Crippen LogP) is 2.31. The molecular formula is C15H18N4O. The van der Waals surface area contributed by atoms with Crippen molar-refractivity contribution in [2.75, 3.05) is 6.54 Å². The Morgan fingerprint density at radius 1 is 1.15 bits per heavy atom. The molecule has 2 heterocycles. The number of carbonyl (C=O) groups excluding carboxylic acids is 1. The normalized spacial score (nSPS) is 10.2. The minimum Gasteiger partial charge on any atom is -0.333 e. The van der Waals surface area contributed by atoms with Gasteiger partial charge in [-0.2, -0.15) is 0 Å². The van der Waals surface area contributed by atoms with Gasteiger partial charge in [0.25, 0.3) is 5.91 Å². The number of pyridine rings is 1. The maximum Gasteiger partial charge on any atom is 0.274 e. The summed E-state index contributed by atoms with van der Waals surface area (Å²) in [5.41, 5.74) is 1.45. The molecule has 2 aromatic rings. The molecule has 5 heteroatoms. The molecule has 1 amide bonds. The van der Waals surface area contributed by atoms with E-state index in [-0.39, 0.29) is 5.91 Å². The second kappa shape index (κ2) is 7.33. The smallest absolute Gasteiger partial charge is 0.274 e. The Morgan fingerprint density at radius 3 is 2.60 bits per heavy atom. The Labute approximate surface area is 118 Å². The van der Waals surface area contributed by atoms with Crippen molar-refractivity contribution in [1.29, 1.82) is 0 Å². The first-order chi connectivity index (χ1) is 9.81. The summed E-state index contributed by atoms with van der Waals surface area (Å²) < 4.78 is 0. The van der Waals surface area contributed by atoms with Crippen molar-refractivity contribution in [3.05, 3.63) is 54.4 Å². The van der Waals surface area contributed by atoms with E-state index >= 15 is 0 Å². The molecule has 104 valence electrons. The number of amides is 1. The molecule has 0 atom stereocenters. The lowest BCUT2D eigenvalue weighted by molar-refractivity contribution is 0.0734. The van der Waals surface area contributed by atoms with E-state index in [1.807, 2.05) is 17.0 Å². The van der Waals surface area contributed by atoms with Crippen molar-refractivity contribution in [3.8, 4) is 0 Å². The van der Waals surface area contributed by atoms with Crippen LogP contribution in [-0.2, 0) is 6.54 Å². The molecule has 0 bridgehead atoms. The Bertz CT molecular complexity index is 530. The Morgan fingerprint density at radius 2 is 1.95 bits per heavy atom. The lowest BCUT2D eigenvalue weighted by Gasteiger charge is -2.22. The molecule has 2 rings (SSSR count). The van der Waals surface area contributed by atoms with Gasteiger partial charge in [-0.05, 0) is 24.1 Å². The fraction of sp³-hybridized carbons (Fsp3) is 0.333. The molecule has 0 unspecified atom stereocenters. The molecule has 0 saturated heterocycles. The van der Waals surface area contributed by atoms with Crippen LogP contribution < -0.4 is 0 Å². The molecule has 0 aliphatic rings. The average molecular weight is 270 g/mol. The molecule has 0 spiro atoms. The molecule has 2 aromatic heterocycles. The van der Waals surface area contributed by atoms with Crippen molar-refractivity contribution in [2.24, 2.45) is 0 Å².